The van der Waals surface area contributed by atoms with Crippen molar-refractivity contribution in [1.82, 2.24) is 10.6 Å². The number of nitrogens with one attached hydrogen (secondary N) is 2. The fourth-order valence-corrected chi connectivity index (χ4v) is 2.59. The zero-order chi connectivity index (χ0) is 12.4. The van der Waals surface area contributed by atoms with E-state index in [1.54, 1.807) is 12.1 Å². The normalized spacial score (nSPS) is 25.4. The second-order valence-corrected chi connectivity index (χ2v) is 5.08. The number of halogens is 2. The van der Waals surface area contributed by atoms with E-state index in [9.17, 15) is 4.39 Å². The number of benzene rings is 1. The van der Waals surface area contributed by atoms with Crippen LogP contribution in [0.15, 0.2) is 29.3 Å². The van der Waals surface area contributed by atoms with Gasteiger partial charge in [-0.1, -0.05) is 12.1 Å². The molecule has 0 saturated heterocycles. The molecule has 0 bridgehead atoms. The van der Waals surface area contributed by atoms with Gasteiger partial charge < -0.3 is 10.6 Å². The Morgan fingerprint density at radius 1 is 1.32 bits per heavy atom. The fourth-order valence-electron chi connectivity index (χ4n) is 2.59. The SMILES string of the molecule is Fc1cccc(C2CC(NC3=NCCCN3)C2)c1.I. The van der Waals surface area contributed by atoms with Crippen molar-refractivity contribution in [3.05, 3.63) is 35.6 Å². The third-order valence-electron chi connectivity index (χ3n) is 3.70. The summed E-state index contributed by atoms with van der Waals surface area (Å²) >= 11 is 0. The van der Waals surface area contributed by atoms with Crippen LogP contribution in [0.4, 0.5) is 4.39 Å². The third-order valence-corrected chi connectivity index (χ3v) is 3.70. The van der Waals surface area contributed by atoms with Gasteiger partial charge in [0.2, 0.25) is 0 Å². The summed E-state index contributed by atoms with van der Waals surface area (Å²) in [5.41, 5.74) is 1.12. The van der Waals surface area contributed by atoms with Crippen molar-refractivity contribution < 1.29 is 4.39 Å². The fraction of sp³-hybridized carbons (Fsp3) is 0.500. The first-order chi connectivity index (χ1) is 8.81. The zero-order valence-corrected chi connectivity index (χ0v) is 13.1. The van der Waals surface area contributed by atoms with Crippen LogP contribution in [0.5, 0.6) is 0 Å². The van der Waals surface area contributed by atoms with E-state index >= 15 is 0 Å². The highest BCUT2D eigenvalue weighted by Gasteiger charge is 2.31. The molecule has 1 aromatic carbocycles. The van der Waals surface area contributed by atoms with Gasteiger partial charge in [0.05, 0.1) is 0 Å². The molecule has 1 aliphatic heterocycles. The molecular formula is C14H19FIN3. The van der Waals surface area contributed by atoms with Crippen molar-refractivity contribution in [2.45, 2.75) is 31.2 Å². The minimum absolute atomic E-state index is 0. The van der Waals surface area contributed by atoms with Crippen LogP contribution in [0.2, 0.25) is 0 Å². The van der Waals surface area contributed by atoms with Crippen LogP contribution in [0, 0.1) is 5.82 Å². The molecule has 1 heterocycles. The first-order valence-electron chi connectivity index (χ1n) is 6.61. The monoisotopic (exact) mass is 375 g/mol. The number of hydrogen-bond donors (Lipinski definition) is 2. The second kappa shape index (κ2) is 6.54. The molecule has 3 rings (SSSR count). The van der Waals surface area contributed by atoms with Gasteiger partial charge in [-0.2, -0.15) is 0 Å². The van der Waals surface area contributed by atoms with Crippen LogP contribution in [-0.2, 0) is 0 Å². The summed E-state index contributed by atoms with van der Waals surface area (Å²) < 4.78 is 13.1. The van der Waals surface area contributed by atoms with Crippen molar-refractivity contribution in [1.29, 1.82) is 0 Å². The van der Waals surface area contributed by atoms with Crippen LogP contribution < -0.4 is 10.6 Å². The van der Waals surface area contributed by atoms with Crippen molar-refractivity contribution in [3.8, 4) is 0 Å². The lowest BCUT2D eigenvalue weighted by atomic mass is 9.76. The third kappa shape index (κ3) is 3.58. The molecule has 0 radical (unpaired) electrons. The van der Waals surface area contributed by atoms with Crippen LogP contribution in [-0.4, -0.2) is 25.1 Å². The molecule has 2 N–H and O–H groups in total. The Balaban J connectivity index is 0.00000133. The molecular weight excluding hydrogens is 356 g/mol. The molecule has 1 aliphatic carbocycles. The summed E-state index contributed by atoms with van der Waals surface area (Å²) in [6, 6.07) is 7.43. The highest BCUT2D eigenvalue weighted by Crippen LogP contribution is 2.36. The van der Waals surface area contributed by atoms with E-state index in [1.807, 2.05) is 6.07 Å². The van der Waals surface area contributed by atoms with Gasteiger partial charge in [0, 0.05) is 19.1 Å². The van der Waals surface area contributed by atoms with Crippen molar-refractivity contribution in [2.75, 3.05) is 13.1 Å². The van der Waals surface area contributed by atoms with Crippen molar-refractivity contribution in [3.63, 3.8) is 0 Å². The van der Waals surface area contributed by atoms with Gasteiger partial charge in [0.25, 0.3) is 0 Å². The van der Waals surface area contributed by atoms with Crippen LogP contribution in [0.3, 0.4) is 0 Å². The van der Waals surface area contributed by atoms with Crippen LogP contribution in [0.1, 0.15) is 30.7 Å². The van der Waals surface area contributed by atoms with Gasteiger partial charge in [-0.3, -0.25) is 4.99 Å². The topological polar surface area (TPSA) is 36.4 Å². The predicted molar refractivity (Wildman–Crippen MR) is 85.6 cm³/mol. The maximum Gasteiger partial charge on any atom is 0.191 e. The lowest BCUT2D eigenvalue weighted by Crippen LogP contribution is -2.50. The van der Waals surface area contributed by atoms with E-state index < -0.39 is 0 Å². The maximum atomic E-state index is 13.1. The smallest absolute Gasteiger partial charge is 0.191 e. The molecule has 0 spiro atoms. The lowest BCUT2D eigenvalue weighted by Gasteiger charge is -2.37. The Hall–Kier alpha value is -0.850. The summed E-state index contributed by atoms with van der Waals surface area (Å²) in [7, 11) is 0. The van der Waals surface area contributed by atoms with E-state index in [1.165, 1.54) is 6.07 Å². The lowest BCUT2D eigenvalue weighted by molar-refractivity contribution is 0.320. The molecule has 1 saturated carbocycles. The van der Waals surface area contributed by atoms with E-state index in [4.69, 9.17) is 0 Å². The summed E-state index contributed by atoms with van der Waals surface area (Å²) in [6.45, 7) is 1.92. The average Bonchev–Trinajstić information content (AvgIpc) is 2.34. The predicted octanol–water partition coefficient (Wildman–Crippen LogP) is 2.63. The van der Waals surface area contributed by atoms with Gasteiger partial charge in [-0.05, 0) is 42.9 Å². The van der Waals surface area contributed by atoms with Crippen LogP contribution >= 0.6 is 24.0 Å². The summed E-state index contributed by atoms with van der Waals surface area (Å²) in [6.07, 6.45) is 3.23. The minimum Gasteiger partial charge on any atom is -0.356 e. The molecule has 1 aromatic rings. The van der Waals surface area contributed by atoms with E-state index in [-0.39, 0.29) is 29.8 Å². The number of guanidine groups is 1. The van der Waals surface area contributed by atoms with Crippen molar-refractivity contribution in [2.24, 2.45) is 4.99 Å². The molecule has 0 unspecified atom stereocenters. The standard InChI is InChI=1S/C14H18FN3.HI/c15-12-4-1-3-10(7-12)11-8-13(9-11)18-14-16-5-2-6-17-14;/h1,3-4,7,11,13H,2,5-6,8-9H2,(H2,16,17,18);1H. The minimum atomic E-state index is -0.137. The highest BCUT2D eigenvalue weighted by atomic mass is 127. The summed E-state index contributed by atoms with van der Waals surface area (Å²) in [4.78, 5) is 4.40. The number of hydrogen-bond acceptors (Lipinski definition) is 3. The van der Waals surface area contributed by atoms with Crippen molar-refractivity contribution >= 4 is 29.9 Å². The number of rotatable bonds is 2. The largest absolute Gasteiger partial charge is 0.356 e. The van der Waals surface area contributed by atoms with Gasteiger partial charge in [-0.15, -0.1) is 24.0 Å². The molecule has 3 nitrogen and oxygen atoms in total. The first kappa shape index (κ1) is 14.6. The Morgan fingerprint density at radius 2 is 2.16 bits per heavy atom. The van der Waals surface area contributed by atoms with E-state index in [0.29, 0.717) is 12.0 Å². The average molecular weight is 375 g/mol. The molecule has 5 heteroatoms. The summed E-state index contributed by atoms with van der Waals surface area (Å²) in [5, 5.41) is 6.68. The van der Waals surface area contributed by atoms with Gasteiger partial charge in [-0.25, -0.2) is 4.39 Å². The second-order valence-electron chi connectivity index (χ2n) is 5.08. The van der Waals surface area contributed by atoms with Gasteiger partial charge in [0.1, 0.15) is 5.82 Å². The summed E-state index contributed by atoms with van der Waals surface area (Å²) in [5.74, 6) is 1.29. The first-order valence-corrected chi connectivity index (χ1v) is 6.61. The maximum absolute atomic E-state index is 13.1. The Bertz CT molecular complexity index is 458. The van der Waals surface area contributed by atoms with Crippen LogP contribution in [0.25, 0.3) is 0 Å². The molecule has 2 aliphatic rings. The molecule has 0 aromatic heterocycles. The van der Waals surface area contributed by atoms with Gasteiger partial charge >= 0.3 is 0 Å². The molecule has 0 amide bonds. The number of nitrogens with zero attached hydrogens (tertiary/aromatic N) is 1. The Kier molecular flexibility index (Phi) is 5.01. The van der Waals surface area contributed by atoms with E-state index in [0.717, 1.165) is 43.9 Å². The molecule has 1 fully saturated rings. The number of aliphatic imine (C=N–C) groups is 1. The van der Waals surface area contributed by atoms with Gasteiger partial charge in [0.15, 0.2) is 5.96 Å². The molecule has 0 atom stereocenters. The van der Waals surface area contributed by atoms with E-state index in [2.05, 4.69) is 15.6 Å². The Labute approximate surface area is 130 Å². The zero-order valence-electron chi connectivity index (χ0n) is 10.7. The molecule has 104 valence electrons. The Morgan fingerprint density at radius 3 is 2.84 bits per heavy atom. The highest BCUT2D eigenvalue weighted by molar-refractivity contribution is 14.0. The quantitative estimate of drug-likeness (QED) is 0.780. The molecule has 19 heavy (non-hydrogen) atoms.